The minimum atomic E-state index is 0.231. The van der Waals surface area contributed by atoms with Gasteiger partial charge in [-0.2, -0.15) is 0 Å². The van der Waals surface area contributed by atoms with Crippen LogP contribution in [0.1, 0.15) is 31.2 Å². The molecule has 1 aromatic heterocycles. The Morgan fingerprint density at radius 3 is 2.83 bits per heavy atom. The van der Waals surface area contributed by atoms with Crippen LogP contribution in [0.4, 0.5) is 0 Å². The summed E-state index contributed by atoms with van der Waals surface area (Å²) in [6, 6.07) is 8.51. The Kier molecular flexibility index (Phi) is 3.92. The van der Waals surface area contributed by atoms with Gasteiger partial charge in [0.1, 0.15) is 6.61 Å². The molecule has 0 spiro atoms. The number of nitrogens with zero attached hydrogens (tertiary/aromatic N) is 2. The number of pyridine rings is 1. The number of benzene rings is 1. The third-order valence-electron chi connectivity index (χ3n) is 4.98. The first-order valence-electron chi connectivity index (χ1n) is 8.44. The summed E-state index contributed by atoms with van der Waals surface area (Å²) in [6.45, 7) is 2.42. The van der Waals surface area contributed by atoms with Crippen molar-refractivity contribution < 1.29 is 9.84 Å². The second-order valence-corrected chi connectivity index (χ2v) is 6.48. The Morgan fingerprint density at radius 2 is 2.04 bits per heavy atom. The standard InChI is InChI=1S/C19H22N2O2/c22-18-11-15(14-4-3-7-20-12-14)10-16-13-21(8-9-23-19(16)18)17-5-1-2-6-17/h3-4,7,10-12,17,22H,1-2,5-6,8-9,13H2. The maximum Gasteiger partial charge on any atom is 0.165 e. The molecule has 2 aromatic rings. The molecule has 1 N–H and O–H groups in total. The molecule has 2 heterocycles. The van der Waals surface area contributed by atoms with Gasteiger partial charge in [-0.05, 0) is 36.6 Å². The Balaban J connectivity index is 1.69. The van der Waals surface area contributed by atoms with E-state index < -0.39 is 0 Å². The van der Waals surface area contributed by atoms with Gasteiger partial charge < -0.3 is 9.84 Å². The molecular formula is C19H22N2O2. The zero-order valence-corrected chi connectivity index (χ0v) is 13.2. The molecule has 1 aliphatic carbocycles. The predicted molar refractivity (Wildman–Crippen MR) is 89.5 cm³/mol. The molecule has 2 aliphatic rings. The number of rotatable bonds is 2. The molecule has 4 nitrogen and oxygen atoms in total. The Hall–Kier alpha value is -2.07. The van der Waals surface area contributed by atoms with Crippen LogP contribution in [0.5, 0.6) is 11.5 Å². The Morgan fingerprint density at radius 1 is 1.17 bits per heavy atom. The number of ether oxygens (including phenoxy) is 1. The van der Waals surface area contributed by atoms with Crippen molar-refractivity contribution in [1.29, 1.82) is 0 Å². The van der Waals surface area contributed by atoms with Gasteiger partial charge in [0, 0.05) is 42.7 Å². The van der Waals surface area contributed by atoms with Crippen LogP contribution in [0.15, 0.2) is 36.7 Å². The lowest BCUT2D eigenvalue weighted by atomic mass is 10.0. The normalized spacial score (nSPS) is 19.1. The molecule has 1 fully saturated rings. The zero-order valence-electron chi connectivity index (χ0n) is 13.2. The van der Waals surface area contributed by atoms with Crippen molar-refractivity contribution in [3.63, 3.8) is 0 Å². The third-order valence-corrected chi connectivity index (χ3v) is 4.98. The number of phenolic OH excluding ortho intramolecular Hbond substituents is 1. The van der Waals surface area contributed by atoms with Crippen LogP contribution in [-0.4, -0.2) is 34.2 Å². The van der Waals surface area contributed by atoms with Crippen LogP contribution in [-0.2, 0) is 6.54 Å². The van der Waals surface area contributed by atoms with E-state index in [9.17, 15) is 5.11 Å². The van der Waals surface area contributed by atoms with Gasteiger partial charge in [0.2, 0.25) is 0 Å². The van der Waals surface area contributed by atoms with Crippen LogP contribution >= 0.6 is 0 Å². The third kappa shape index (κ3) is 2.91. The number of hydrogen-bond acceptors (Lipinski definition) is 4. The van der Waals surface area contributed by atoms with E-state index in [0.717, 1.165) is 29.8 Å². The van der Waals surface area contributed by atoms with Gasteiger partial charge in [0.05, 0.1) is 0 Å². The quantitative estimate of drug-likeness (QED) is 0.921. The monoisotopic (exact) mass is 310 g/mol. The molecule has 1 saturated carbocycles. The van der Waals surface area contributed by atoms with E-state index in [1.165, 1.54) is 25.7 Å². The maximum absolute atomic E-state index is 10.4. The largest absolute Gasteiger partial charge is 0.504 e. The topological polar surface area (TPSA) is 45.6 Å². The number of phenols is 1. The van der Waals surface area contributed by atoms with E-state index in [0.29, 0.717) is 18.4 Å². The Bertz CT molecular complexity index is 681. The van der Waals surface area contributed by atoms with E-state index in [4.69, 9.17) is 4.74 Å². The minimum Gasteiger partial charge on any atom is -0.504 e. The number of hydrogen-bond donors (Lipinski definition) is 1. The molecule has 0 bridgehead atoms. The summed E-state index contributed by atoms with van der Waals surface area (Å²) in [5.41, 5.74) is 3.08. The second-order valence-electron chi connectivity index (χ2n) is 6.48. The SMILES string of the molecule is Oc1cc(-c2cccnc2)cc2c1OCCN(C1CCCC1)C2. The molecule has 23 heavy (non-hydrogen) atoms. The average molecular weight is 310 g/mol. The van der Waals surface area contributed by atoms with Crippen LogP contribution in [0.2, 0.25) is 0 Å². The highest BCUT2D eigenvalue weighted by atomic mass is 16.5. The lowest BCUT2D eigenvalue weighted by Gasteiger charge is -2.26. The molecule has 0 saturated heterocycles. The molecule has 1 aromatic carbocycles. The lowest BCUT2D eigenvalue weighted by Crippen LogP contribution is -2.34. The molecule has 0 amide bonds. The maximum atomic E-state index is 10.4. The van der Waals surface area contributed by atoms with E-state index in [2.05, 4.69) is 16.0 Å². The smallest absolute Gasteiger partial charge is 0.165 e. The van der Waals surface area contributed by atoms with E-state index in [-0.39, 0.29) is 5.75 Å². The summed E-state index contributed by atoms with van der Waals surface area (Å²) >= 11 is 0. The number of aromatic nitrogens is 1. The minimum absolute atomic E-state index is 0.231. The van der Waals surface area contributed by atoms with E-state index >= 15 is 0 Å². The summed E-state index contributed by atoms with van der Waals surface area (Å²) in [5, 5.41) is 10.4. The highest BCUT2D eigenvalue weighted by Crippen LogP contribution is 2.38. The van der Waals surface area contributed by atoms with Crippen molar-refractivity contribution >= 4 is 0 Å². The molecule has 4 rings (SSSR count). The van der Waals surface area contributed by atoms with Crippen LogP contribution < -0.4 is 4.74 Å². The second kappa shape index (κ2) is 6.20. The first-order chi connectivity index (χ1) is 11.3. The van der Waals surface area contributed by atoms with Crippen LogP contribution in [0, 0.1) is 0 Å². The molecule has 120 valence electrons. The van der Waals surface area contributed by atoms with Gasteiger partial charge in [0.15, 0.2) is 11.5 Å². The molecule has 0 atom stereocenters. The van der Waals surface area contributed by atoms with Crippen molar-refractivity contribution in [2.45, 2.75) is 38.3 Å². The van der Waals surface area contributed by atoms with Crippen molar-refractivity contribution in [3.05, 3.63) is 42.2 Å². The summed E-state index contributed by atoms with van der Waals surface area (Å²) in [5.74, 6) is 0.882. The van der Waals surface area contributed by atoms with Crippen molar-refractivity contribution in [3.8, 4) is 22.6 Å². The summed E-state index contributed by atoms with van der Waals surface area (Å²) < 4.78 is 5.85. The van der Waals surface area contributed by atoms with Crippen molar-refractivity contribution in [1.82, 2.24) is 9.88 Å². The fourth-order valence-electron chi connectivity index (χ4n) is 3.80. The van der Waals surface area contributed by atoms with Gasteiger partial charge >= 0.3 is 0 Å². The Labute approximate surface area is 136 Å². The van der Waals surface area contributed by atoms with Gasteiger partial charge in [-0.25, -0.2) is 0 Å². The fourth-order valence-corrected chi connectivity index (χ4v) is 3.80. The van der Waals surface area contributed by atoms with Gasteiger partial charge in [0.25, 0.3) is 0 Å². The van der Waals surface area contributed by atoms with Crippen molar-refractivity contribution in [2.24, 2.45) is 0 Å². The van der Waals surface area contributed by atoms with Gasteiger partial charge in [-0.3, -0.25) is 9.88 Å². The number of fused-ring (bicyclic) bond motifs is 1. The lowest BCUT2D eigenvalue weighted by molar-refractivity contribution is 0.170. The van der Waals surface area contributed by atoms with Crippen molar-refractivity contribution in [2.75, 3.05) is 13.2 Å². The van der Waals surface area contributed by atoms with E-state index in [1.54, 1.807) is 12.3 Å². The highest BCUT2D eigenvalue weighted by molar-refractivity contribution is 5.68. The molecular weight excluding hydrogens is 288 g/mol. The van der Waals surface area contributed by atoms with E-state index in [1.807, 2.05) is 18.3 Å². The average Bonchev–Trinajstić information content (AvgIpc) is 3.02. The van der Waals surface area contributed by atoms with Crippen LogP contribution in [0.3, 0.4) is 0 Å². The molecule has 4 heteroatoms. The zero-order chi connectivity index (χ0) is 15.6. The summed E-state index contributed by atoms with van der Waals surface area (Å²) in [6.07, 6.45) is 8.81. The van der Waals surface area contributed by atoms with Gasteiger partial charge in [-0.15, -0.1) is 0 Å². The van der Waals surface area contributed by atoms with Gasteiger partial charge in [-0.1, -0.05) is 18.9 Å². The summed E-state index contributed by atoms with van der Waals surface area (Å²) in [7, 11) is 0. The number of aromatic hydroxyl groups is 1. The molecule has 0 unspecified atom stereocenters. The summed E-state index contributed by atoms with van der Waals surface area (Å²) in [4.78, 5) is 6.70. The highest BCUT2D eigenvalue weighted by Gasteiger charge is 2.26. The fraction of sp³-hybridized carbons (Fsp3) is 0.421. The first kappa shape index (κ1) is 14.5. The molecule has 0 radical (unpaired) electrons. The predicted octanol–water partition coefficient (Wildman–Crippen LogP) is 3.59. The van der Waals surface area contributed by atoms with Crippen LogP contribution in [0.25, 0.3) is 11.1 Å². The molecule has 1 aliphatic heterocycles. The first-order valence-corrected chi connectivity index (χ1v) is 8.44.